The van der Waals surface area contributed by atoms with E-state index in [1.807, 2.05) is 6.92 Å². The minimum atomic E-state index is -1.14. The molecule has 0 fully saturated rings. The fourth-order valence-electron chi connectivity index (χ4n) is 1.50. The first-order valence-corrected chi connectivity index (χ1v) is 5.56. The second kappa shape index (κ2) is 6.70. The number of nitrogens with one attached hydrogen (secondary N) is 1. The minimum Gasteiger partial charge on any atom is -0.480 e. The molecule has 1 aromatic heterocycles. The summed E-state index contributed by atoms with van der Waals surface area (Å²) in [5, 5.41) is 11.3. The third-order valence-corrected chi connectivity index (χ3v) is 2.42. The van der Waals surface area contributed by atoms with Crippen LogP contribution in [0.15, 0.2) is 18.3 Å². The second-order valence-corrected chi connectivity index (χ2v) is 3.68. The average molecular weight is 252 g/mol. The van der Waals surface area contributed by atoms with E-state index in [2.05, 4.69) is 10.3 Å². The zero-order chi connectivity index (χ0) is 13.5. The van der Waals surface area contributed by atoms with E-state index < -0.39 is 17.9 Å². The number of ether oxygens (including phenoxy) is 1. The van der Waals surface area contributed by atoms with Crippen LogP contribution in [0.1, 0.15) is 23.0 Å². The summed E-state index contributed by atoms with van der Waals surface area (Å²) < 4.78 is 4.74. The van der Waals surface area contributed by atoms with Crippen molar-refractivity contribution < 1.29 is 19.4 Å². The highest BCUT2D eigenvalue weighted by Crippen LogP contribution is 2.06. The molecule has 0 bridgehead atoms. The van der Waals surface area contributed by atoms with E-state index in [-0.39, 0.29) is 12.3 Å². The number of amides is 1. The Labute approximate surface area is 105 Å². The summed E-state index contributed by atoms with van der Waals surface area (Å²) in [6.45, 7) is 1.81. The SMILES string of the molecule is CCc1cccnc1C(=O)N[C@@H](COC)C(=O)O. The van der Waals surface area contributed by atoms with Gasteiger partial charge in [0.05, 0.1) is 6.61 Å². The maximum absolute atomic E-state index is 11.9. The lowest BCUT2D eigenvalue weighted by Crippen LogP contribution is -2.44. The van der Waals surface area contributed by atoms with Gasteiger partial charge in [0.2, 0.25) is 0 Å². The number of carboxylic acid groups (broad SMARTS) is 1. The van der Waals surface area contributed by atoms with Gasteiger partial charge in [0.1, 0.15) is 5.69 Å². The zero-order valence-corrected chi connectivity index (χ0v) is 10.3. The number of hydrogen-bond donors (Lipinski definition) is 2. The van der Waals surface area contributed by atoms with Crippen LogP contribution in [0.3, 0.4) is 0 Å². The van der Waals surface area contributed by atoms with E-state index >= 15 is 0 Å². The largest absolute Gasteiger partial charge is 0.480 e. The number of carbonyl (C=O) groups is 2. The van der Waals surface area contributed by atoms with Crippen molar-refractivity contribution in [3.05, 3.63) is 29.6 Å². The summed E-state index contributed by atoms with van der Waals surface area (Å²) >= 11 is 0. The van der Waals surface area contributed by atoms with Crippen molar-refractivity contribution in [1.82, 2.24) is 10.3 Å². The van der Waals surface area contributed by atoms with Gasteiger partial charge in [-0.15, -0.1) is 0 Å². The lowest BCUT2D eigenvalue weighted by molar-refractivity contribution is -0.140. The summed E-state index contributed by atoms with van der Waals surface area (Å²) in [6.07, 6.45) is 2.15. The smallest absolute Gasteiger partial charge is 0.328 e. The van der Waals surface area contributed by atoms with Crippen molar-refractivity contribution in [3.8, 4) is 0 Å². The molecule has 98 valence electrons. The Kier molecular flexibility index (Phi) is 5.26. The van der Waals surface area contributed by atoms with Gasteiger partial charge in [0.25, 0.3) is 5.91 Å². The number of aromatic nitrogens is 1. The van der Waals surface area contributed by atoms with Crippen molar-refractivity contribution in [2.75, 3.05) is 13.7 Å². The summed E-state index contributed by atoms with van der Waals surface area (Å²) in [4.78, 5) is 26.8. The Hall–Kier alpha value is -1.95. The lowest BCUT2D eigenvalue weighted by atomic mass is 10.1. The maximum atomic E-state index is 11.9. The van der Waals surface area contributed by atoms with E-state index in [0.717, 1.165) is 5.56 Å². The highest BCUT2D eigenvalue weighted by Gasteiger charge is 2.22. The van der Waals surface area contributed by atoms with E-state index in [4.69, 9.17) is 9.84 Å². The molecule has 0 aliphatic rings. The van der Waals surface area contributed by atoms with Crippen molar-refractivity contribution in [3.63, 3.8) is 0 Å². The Morgan fingerprint density at radius 2 is 2.28 bits per heavy atom. The number of pyridine rings is 1. The molecule has 1 amide bonds. The van der Waals surface area contributed by atoms with Gasteiger partial charge in [0.15, 0.2) is 6.04 Å². The topological polar surface area (TPSA) is 88.5 Å². The molecule has 0 aliphatic heterocycles. The molecule has 6 heteroatoms. The van der Waals surface area contributed by atoms with Gasteiger partial charge in [-0.05, 0) is 18.1 Å². The molecule has 6 nitrogen and oxygen atoms in total. The van der Waals surface area contributed by atoms with Crippen LogP contribution in [0.25, 0.3) is 0 Å². The normalized spacial score (nSPS) is 11.9. The summed E-state index contributed by atoms with van der Waals surface area (Å²) in [7, 11) is 1.38. The third-order valence-electron chi connectivity index (χ3n) is 2.42. The number of hydrogen-bond acceptors (Lipinski definition) is 4. The highest BCUT2D eigenvalue weighted by molar-refractivity contribution is 5.96. The molecular weight excluding hydrogens is 236 g/mol. The van der Waals surface area contributed by atoms with Crippen molar-refractivity contribution in [1.29, 1.82) is 0 Å². The van der Waals surface area contributed by atoms with E-state index in [9.17, 15) is 9.59 Å². The first kappa shape index (κ1) is 14.1. The molecule has 0 aliphatic carbocycles. The first-order chi connectivity index (χ1) is 8.60. The van der Waals surface area contributed by atoms with Gasteiger partial charge in [-0.2, -0.15) is 0 Å². The standard InChI is InChI=1S/C12H16N2O4/c1-3-8-5-4-6-13-10(8)11(15)14-9(7-18-2)12(16)17/h4-6,9H,3,7H2,1-2H3,(H,14,15)(H,16,17)/t9-/m0/s1. The third kappa shape index (κ3) is 3.53. The molecule has 0 saturated carbocycles. The highest BCUT2D eigenvalue weighted by atomic mass is 16.5. The predicted molar refractivity (Wildman–Crippen MR) is 64.4 cm³/mol. The van der Waals surface area contributed by atoms with Crippen molar-refractivity contribution in [2.24, 2.45) is 0 Å². The summed E-state index contributed by atoms with van der Waals surface area (Å²) in [5.74, 6) is -1.64. The number of carbonyl (C=O) groups excluding carboxylic acids is 1. The molecule has 0 radical (unpaired) electrons. The summed E-state index contributed by atoms with van der Waals surface area (Å²) in [5.41, 5.74) is 1.03. The molecule has 1 atom stereocenters. The first-order valence-electron chi connectivity index (χ1n) is 5.56. The molecule has 18 heavy (non-hydrogen) atoms. The van der Waals surface area contributed by atoms with Gasteiger partial charge in [-0.25, -0.2) is 4.79 Å². The molecule has 1 rings (SSSR count). The van der Waals surface area contributed by atoms with E-state index in [1.54, 1.807) is 12.1 Å². The van der Waals surface area contributed by atoms with Crippen molar-refractivity contribution >= 4 is 11.9 Å². The Morgan fingerprint density at radius 3 is 2.83 bits per heavy atom. The number of rotatable bonds is 6. The van der Waals surface area contributed by atoms with Crippen LogP contribution in [-0.2, 0) is 16.0 Å². The Bertz CT molecular complexity index is 434. The predicted octanol–water partition coefficient (Wildman–Crippen LogP) is 0.473. The van der Waals surface area contributed by atoms with Crippen LogP contribution in [-0.4, -0.2) is 41.7 Å². The van der Waals surface area contributed by atoms with Crippen molar-refractivity contribution in [2.45, 2.75) is 19.4 Å². The number of methoxy groups -OCH3 is 1. The molecule has 2 N–H and O–H groups in total. The minimum absolute atomic E-state index is 0.0879. The van der Waals surface area contributed by atoms with Crippen LogP contribution in [0.4, 0.5) is 0 Å². The number of nitrogens with zero attached hydrogens (tertiary/aromatic N) is 1. The average Bonchev–Trinajstić information content (AvgIpc) is 2.37. The monoisotopic (exact) mass is 252 g/mol. The molecule has 0 aromatic carbocycles. The molecular formula is C12H16N2O4. The second-order valence-electron chi connectivity index (χ2n) is 3.68. The number of aryl methyl sites for hydroxylation is 1. The number of aliphatic carboxylic acids is 1. The van der Waals surface area contributed by atoms with E-state index in [1.165, 1.54) is 13.3 Å². The Balaban J connectivity index is 2.83. The maximum Gasteiger partial charge on any atom is 0.328 e. The van der Waals surface area contributed by atoms with Crippen LogP contribution in [0.5, 0.6) is 0 Å². The van der Waals surface area contributed by atoms with Crippen LogP contribution in [0.2, 0.25) is 0 Å². The van der Waals surface area contributed by atoms with Crippen LogP contribution < -0.4 is 5.32 Å². The van der Waals surface area contributed by atoms with E-state index in [0.29, 0.717) is 6.42 Å². The molecule has 1 aromatic rings. The number of carboxylic acids is 1. The molecule has 0 unspecified atom stereocenters. The summed E-state index contributed by atoms with van der Waals surface area (Å²) in [6, 6.07) is 2.45. The van der Waals surface area contributed by atoms with Crippen LogP contribution >= 0.6 is 0 Å². The zero-order valence-electron chi connectivity index (χ0n) is 10.3. The van der Waals surface area contributed by atoms with Gasteiger partial charge in [-0.1, -0.05) is 13.0 Å². The molecule has 0 spiro atoms. The fourth-order valence-corrected chi connectivity index (χ4v) is 1.50. The quantitative estimate of drug-likeness (QED) is 0.768. The molecule has 0 saturated heterocycles. The van der Waals surface area contributed by atoms with Gasteiger partial charge >= 0.3 is 5.97 Å². The van der Waals surface area contributed by atoms with Gasteiger partial charge < -0.3 is 15.2 Å². The fraction of sp³-hybridized carbons (Fsp3) is 0.417. The Morgan fingerprint density at radius 1 is 1.56 bits per heavy atom. The van der Waals surface area contributed by atoms with Gasteiger partial charge in [0, 0.05) is 13.3 Å². The lowest BCUT2D eigenvalue weighted by Gasteiger charge is -2.14. The van der Waals surface area contributed by atoms with Gasteiger partial charge in [-0.3, -0.25) is 9.78 Å². The molecule has 1 heterocycles. The van der Waals surface area contributed by atoms with Crippen LogP contribution in [0, 0.1) is 0 Å².